The summed E-state index contributed by atoms with van der Waals surface area (Å²) >= 11 is 0. The highest BCUT2D eigenvalue weighted by molar-refractivity contribution is 5.37. The Kier molecular flexibility index (Phi) is 3.53. The van der Waals surface area contributed by atoms with Crippen LogP contribution in [0.5, 0.6) is 5.75 Å². The minimum atomic E-state index is 0.522. The number of ether oxygens (including phenoxy) is 1. The molecule has 0 aromatic heterocycles. The van der Waals surface area contributed by atoms with Gasteiger partial charge in [-0.25, -0.2) is 0 Å². The van der Waals surface area contributed by atoms with Crippen molar-refractivity contribution in [3.05, 3.63) is 29.3 Å². The van der Waals surface area contributed by atoms with Crippen LogP contribution in [-0.4, -0.2) is 13.2 Å². The fourth-order valence-electron chi connectivity index (χ4n) is 3.48. The van der Waals surface area contributed by atoms with Crippen LogP contribution in [0.15, 0.2) is 18.2 Å². The van der Waals surface area contributed by atoms with Crippen LogP contribution in [0.25, 0.3) is 0 Å². The zero-order chi connectivity index (χ0) is 13.3. The van der Waals surface area contributed by atoms with Crippen molar-refractivity contribution in [1.29, 1.82) is 0 Å². The molecule has 0 spiro atoms. The summed E-state index contributed by atoms with van der Waals surface area (Å²) in [6.45, 7) is 7.72. The quantitative estimate of drug-likeness (QED) is 0.896. The Hall–Kier alpha value is -1.02. The minimum Gasteiger partial charge on any atom is -0.493 e. The maximum atomic E-state index is 6.02. The number of hydrogen-bond acceptors (Lipinski definition) is 2. The first-order valence-electron chi connectivity index (χ1n) is 7.58. The summed E-state index contributed by atoms with van der Waals surface area (Å²) in [5.74, 6) is 1.79. The van der Waals surface area contributed by atoms with Crippen molar-refractivity contribution in [2.75, 3.05) is 13.2 Å². The third kappa shape index (κ3) is 3.11. The van der Waals surface area contributed by atoms with Crippen molar-refractivity contribution < 1.29 is 4.74 Å². The van der Waals surface area contributed by atoms with Crippen LogP contribution in [0.3, 0.4) is 0 Å². The maximum Gasteiger partial charge on any atom is 0.119 e. The molecule has 1 atom stereocenters. The molecule has 19 heavy (non-hydrogen) atoms. The maximum absolute atomic E-state index is 6.02. The molecule has 1 unspecified atom stereocenters. The first-order chi connectivity index (χ1) is 9.12. The average Bonchev–Trinajstić information content (AvgIpc) is 2.76. The van der Waals surface area contributed by atoms with Gasteiger partial charge in [-0.1, -0.05) is 19.9 Å². The van der Waals surface area contributed by atoms with E-state index in [0.29, 0.717) is 5.41 Å². The summed E-state index contributed by atoms with van der Waals surface area (Å²) in [5, 5.41) is 3.42. The molecule has 2 nitrogen and oxygen atoms in total. The van der Waals surface area contributed by atoms with Crippen molar-refractivity contribution in [2.45, 2.75) is 46.1 Å². The third-order valence-electron chi connectivity index (χ3n) is 4.62. The molecule has 2 heteroatoms. The molecule has 1 N–H and O–H groups in total. The van der Waals surface area contributed by atoms with E-state index >= 15 is 0 Å². The highest BCUT2D eigenvalue weighted by Gasteiger charge is 2.31. The van der Waals surface area contributed by atoms with E-state index in [9.17, 15) is 0 Å². The molecule has 0 bridgehead atoms. The Morgan fingerprint density at radius 1 is 1.32 bits per heavy atom. The summed E-state index contributed by atoms with van der Waals surface area (Å²) in [6.07, 6.45) is 5.11. The van der Waals surface area contributed by atoms with Gasteiger partial charge in [0.1, 0.15) is 5.75 Å². The highest BCUT2D eigenvalue weighted by atomic mass is 16.5. The van der Waals surface area contributed by atoms with E-state index in [1.165, 1.54) is 30.4 Å². The molecule has 1 aliphatic carbocycles. The summed E-state index contributed by atoms with van der Waals surface area (Å²) in [6, 6.07) is 6.61. The molecule has 0 saturated heterocycles. The minimum absolute atomic E-state index is 0.522. The second-order valence-corrected chi connectivity index (χ2v) is 6.94. The molecule has 1 aliphatic heterocycles. The second kappa shape index (κ2) is 5.16. The average molecular weight is 259 g/mol. The Morgan fingerprint density at radius 2 is 2.21 bits per heavy atom. The highest BCUT2D eigenvalue weighted by Crippen LogP contribution is 2.41. The van der Waals surface area contributed by atoms with Gasteiger partial charge in [0.05, 0.1) is 6.61 Å². The van der Waals surface area contributed by atoms with E-state index < -0.39 is 0 Å². The van der Waals surface area contributed by atoms with E-state index in [0.717, 1.165) is 37.8 Å². The van der Waals surface area contributed by atoms with Gasteiger partial charge in [-0.3, -0.25) is 0 Å². The number of nitrogens with one attached hydrogen (secondary N) is 1. The molecule has 0 radical (unpaired) electrons. The van der Waals surface area contributed by atoms with Crippen LogP contribution in [0.1, 0.15) is 44.2 Å². The van der Waals surface area contributed by atoms with Crippen molar-refractivity contribution >= 4 is 0 Å². The predicted octanol–water partition coefficient (Wildman–Crippen LogP) is 3.54. The molecule has 0 amide bonds. The Morgan fingerprint density at radius 3 is 3.00 bits per heavy atom. The van der Waals surface area contributed by atoms with Crippen LogP contribution < -0.4 is 10.1 Å². The van der Waals surface area contributed by atoms with Gasteiger partial charge in [0.15, 0.2) is 0 Å². The second-order valence-electron chi connectivity index (χ2n) is 6.94. The van der Waals surface area contributed by atoms with Gasteiger partial charge in [-0.2, -0.15) is 0 Å². The Labute approximate surface area is 116 Å². The SMILES string of the molecule is CC1(C)CCC(COc2ccc3c(c2)CNCC3)C1. The van der Waals surface area contributed by atoms with E-state index in [4.69, 9.17) is 4.74 Å². The smallest absolute Gasteiger partial charge is 0.119 e. The molecule has 3 rings (SSSR count). The van der Waals surface area contributed by atoms with Crippen LogP contribution in [0.4, 0.5) is 0 Å². The van der Waals surface area contributed by atoms with Crippen LogP contribution in [0.2, 0.25) is 0 Å². The van der Waals surface area contributed by atoms with E-state index in [-0.39, 0.29) is 0 Å². The number of benzene rings is 1. The zero-order valence-electron chi connectivity index (χ0n) is 12.2. The summed E-state index contributed by atoms with van der Waals surface area (Å²) in [7, 11) is 0. The molecular formula is C17H25NO. The van der Waals surface area contributed by atoms with Crippen molar-refractivity contribution in [3.8, 4) is 5.75 Å². The predicted molar refractivity (Wildman–Crippen MR) is 78.5 cm³/mol. The standard InChI is InChI=1S/C17H25NO/c1-17(2)7-5-13(10-17)12-19-16-4-3-14-6-8-18-11-15(14)9-16/h3-4,9,13,18H,5-8,10-12H2,1-2H3. The van der Waals surface area contributed by atoms with Gasteiger partial charge < -0.3 is 10.1 Å². The fourth-order valence-corrected chi connectivity index (χ4v) is 3.48. The molecule has 1 aromatic carbocycles. The van der Waals surface area contributed by atoms with Crippen LogP contribution >= 0.6 is 0 Å². The monoisotopic (exact) mass is 259 g/mol. The molecule has 1 heterocycles. The Balaban J connectivity index is 1.58. The fraction of sp³-hybridized carbons (Fsp3) is 0.647. The summed E-state index contributed by atoms with van der Waals surface area (Å²) in [5.41, 5.74) is 3.41. The van der Waals surface area contributed by atoms with Gasteiger partial charge in [-0.05, 0) is 66.8 Å². The molecule has 1 fully saturated rings. The molecule has 1 aromatic rings. The van der Waals surface area contributed by atoms with Gasteiger partial charge >= 0.3 is 0 Å². The lowest BCUT2D eigenvalue weighted by Gasteiger charge is -2.19. The lowest BCUT2D eigenvalue weighted by molar-refractivity contribution is 0.237. The molecule has 104 valence electrons. The van der Waals surface area contributed by atoms with E-state index in [1.807, 2.05) is 0 Å². The number of hydrogen-bond donors (Lipinski definition) is 1. The Bertz CT molecular complexity index is 453. The zero-order valence-corrected chi connectivity index (χ0v) is 12.2. The van der Waals surface area contributed by atoms with Gasteiger partial charge in [0.25, 0.3) is 0 Å². The van der Waals surface area contributed by atoms with E-state index in [1.54, 1.807) is 0 Å². The number of fused-ring (bicyclic) bond motifs is 1. The van der Waals surface area contributed by atoms with E-state index in [2.05, 4.69) is 37.4 Å². The number of rotatable bonds is 3. The van der Waals surface area contributed by atoms with Crippen molar-refractivity contribution in [1.82, 2.24) is 5.32 Å². The van der Waals surface area contributed by atoms with Crippen molar-refractivity contribution in [2.24, 2.45) is 11.3 Å². The topological polar surface area (TPSA) is 21.3 Å². The summed E-state index contributed by atoms with van der Waals surface area (Å²) in [4.78, 5) is 0. The lowest BCUT2D eigenvalue weighted by Crippen LogP contribution is -2.23. The third-order valence-corrected chi connectivity index (χ3v) is 4.62. The van der Waals surface area contributed by atoms with Crippen LogP contribution in [0, 0.1) is 11.3 Å². The largest absolute Gasteiger partial charge is 0.493 e. The van der Waals surface area contributed by atoms with Crippen LogP contribution in [-0.2, 0) is 13.0 Å². The normalized spacial score (nSPS) is 25.1. The first-order valence-corrected chi connectivity index (χ1v) is 7.58. The molecular weight excluding hydrogens is 234 g/mol. The van der Waals surface area contributed by atoms with Gasteiger partial charge in [0, 0.05) is 6.54 Å². The first kappa shape index (κ1) is 13.0. The van der Waals surface area contributed by atoms with Crippen molar-refractivity contribution in [3.63, 3.8) is 0 Å². The lowest BCUT2D eigenvalue weighted by atomic mass is 9.91. The molecule has 2 aliphatic rings. The van der Waals surface area contributed by atoms with Gasteiger partial charge in [-0.15, -0.1) is 0 Å². The summed E-state index contributed by atoms with van der Waals surface area (Å²) < 4.78 is 6.02. The molecule has 1 saturated carbocycles. The van der Waals surface area contributed by atoms with Gasteiger partial charge in [0.2, 0.25) is 0 Å².